The highest BCUT2D eigenvalue weighted by Gasteiger charge is 2.11. The molecule has 0 heterocycles. The first-order chi connectivity index (χ1) is 11.7. The summed E-state index contributed by atoms with van der Waals surface area (Å²) in [6.45, 7) is 1.42. The zero-order valence-electron chi connectivity index (χ0n) is 13.3. The smallest absolute Gasteiger partial charge is 0.125 e. The van der Waals surface area contributed by atoms with Gasteiger partial charge in [0.05, 0.1) is 0 Å². The fourth-order valence-electron chi connectivity index (χ4n) is 2.74. The second-order valence-corrected chi connectivity index (χ2v) is 6.05. The number of halogens is 2. The highest BCUT2D eigenvalue weighted by molar-refractivity contribution is 6.17. The Morgan fingerprint density at radius 1 is 0.708 bits per heavy atom. The highest BCUT2D eigenvalue weighted by atomic mass is 35.5. The van der Waals surface area contributed by atoms with Crippen molar-refractivity contribution in [2.45, 2.75) is 19.0 Å². The Morgan fingerprint density at radius 2 is 1.25 bits per heavy atom. The molecule has 3 aromatic rings. The Kier molecular flexibility index (Phi) is 5.50. The summed E-state index contributed by atoms with van der Waals surface area (Å²) in [6, 6.07) is 25.4. The summed E-state index contributed by atoms with van der Waals surface area (Å²) in [4.78, 5) is 2.17. The molecule has 0 amide bonds. The summed E-state index contributed by atoms with van der Waals surface area (Å²) < 4.78 is 14.0. The monoisotopic (exact) mass is 339 g/mol. The lowest BCUT2D eigenvalue weighted by Gasteiger charge is -2.26. The molecule has 0 unspecified atom stereocenters. The molecule has 0 spiro atoms. The Morgan fingerprint density at radius 3 is 1.75 bits per heavy atom. The lowest BCUT2D eigenvalue weighted by atomic mass is 10.1. The van der Waals surface area contributed by atoms with Gasteiger partial charge in [-0.1, -0.05) is 60.7 Å². The standard InChI is InChI=1S/C21H19ClFN/c22-14-19-11-20(23)13-21(12-19)24(15-17-7-3-1-4-8-17)16-18-9-5-2-6-10-18/h1-13H,14-16H2. The molecule has 0 aliphatic rings. The molecule has 0 radical (unpaired) electrons. The number of hydrogen-bond acceptors (Lipinski definition) is 1. The molecule has 3 rings (SSSR count). The van der Waals surface area contributed by atoms with Crippen LogP contribution < -0.4 is 4.90 Å². The van der Waals surface area contributed by atoms with Crippen LogP contribution in [0.1, 0.15) is 16.7 Å². The number of hydrogen-bond donors (Lipinski definition) is 0. The van der Waals surface area contributed by atoms with Crippen LogP contribution in [0.3, 0.4) is 0 Å². The van der Waals surface area contributed by atoms with E-state index in [1.807, 2.05) is 42.5 Å². The van der Waals surface area contributed by atoms with Gasteiger partial charge in [-0.15, -0.1) is 11.6 Å². The number of rotatable bonds is 6. The van der Waals surface area contributed by atoms with Crippen molar-refractivity contribution in [2.75, 3.05) is 4.90 Å². The lowest BCUT2D eigenvalue weighted by Crippen LogP contribution is -2.22. The minimum atomic E-state index is -0.255. The largest absolute Gasteiger partial charge is 0.363 e. The molecule has 1 nitrogen and oxygen atoms in total. The molecule has 0 N–H and O–H groups in total. The zero-order valence-corrected chi connectivity index (χ0v) is 14.1. The van der Waals surface area contributed by atoms with Crippen molar-refractivity contribution in [2.24, 2.45) is 0 Å². The van der Waals surface area contributed by atoms with Gasteiger partial charge >= 0.3 is 0 Å². The van der Waals surface area contributed by atoms with E-state index < -0.39 is 0 Å². The number of benzene rings is 3. The van der Waals surface area contributed by atoms with Crippen LogP contribution in [0.25, 0.3) is 0 Å². The maximum Gasteiger partial charge on any atom is 0.125 e. The van der Waals surface area contributed by atoms with Gasteiger partial charge in [0, 0.05) is 24.7 Å². The van der Waals surface area contributed by atoms with Gasteiger partial charge in [0.15, 0.2) is 0 Å². The summed E-state index contributed by atoms with van der Waals surface area (Å²) in [6.07, 6.45) is 0. The SMILES string of the molecule is Fc1cc(CCl)cc(N(Cc2ccccc2)Cc2ccccc2)c1. The Balaban J connectivity index is 1.93. The third-order valence-corrected chi connectivity index (χ3v) is 4.20. The van der Waals surface area contributed by atoms with Crippen molar-refractivity contribution in [3.05, 3.63) is 101 Å². The zero-order chi connectivity index (χ0) is 16.8. The molecule has 0 aliphatic heterocycles. The first kappa shape index (κ1) is 16.5. The van der Waals surface area contributed by atoms with E-state index in [4.69, 9.17) is 11.6 Å². The van der Waals surface area contributed by atoms with Gasteiger partial charge in [-0.3, -0.25) is 0 Å². The van der Waals surface area contributed by atoms with Crippen molar-refractivity contribution in [3.63, 3.8) is 0 Å². The predicted molar refractivity (Wildman–Crippen MR) is 98.7 cm³/mol. The van der Waals surface area contributed by atoms with E-state index in [-0.39, 0.29) is 5.82 Å². The molecular weight excluding hydrogens is 321 g/mol. The van der Waals surface area contributed by atoms with Crippen molar-refractivity contribution < 1.29 is 4.39 Å². The van der Waals surface area contributed by atoms with Crippen molar-refractivity contribution in [1.82, 2.24) is 0 Å². The van der Waals surface area contributed by atoms with Gasteiger partial charge < -0.3 is 4.90 Å². The summed E-state index contributed by atoms with van der Waals surface area (Å²) in [5, 5.41) is 0. The molecule has 0 aliphatic carbocycles. The minimum Gasteiger partial charge on any atom is -0.363 e. The van der Waals surface area contributed by atoms with Crippen LogP contribution in [-0.4, -0.2) is 0 Å². The molecule has 24 heavy (non-hydrogen) atoms. The summed E-state index contributed by atoms with van der Waals surface area (Å²) in [5.74, 6) is 0.0456. The molecule has 3 heteroatoms. The molecule has 3 aromatic carbocycles. The quantitative estimate of drug-likeness (QED) is 0.515. The number of anilines is 1. The maximum absolute atomic E-state index is 14.0. The number of alkyl halides is 1. The first-order valence-corrected chi connectivity index (χ1v) is 8.46. The van der Waals surface area contributed by atoms with Gasteiger partial charge in [0.25, 0.3) is 0 Å². The molecule has 0 aromatic heterocycles. The fourth-order valence-corrected chi connectivity index (χ4v) is 2.89. The normalized spacial score (nSPS) is 10.6. The maximum atomic E-state index is 14.0. The molecule has 0 bridgehead atoms. The van der Waals surface area contributed by atoms with Crippen LogP contribution in [0.5, 0.6) is 0 Å². The third-order valence-electron chi connectivity index (χ3n) is 3.89. The topological polar surface area (TPSA) is 3.24 Å². The van der Waals surface area contributed by atoms with Crippen LogP contribution in [0.15, 0.2) is 78.9 Å². The van der Waals surface area contributed by atoms with E-state index in [1.165, 1.54) is 17.2 Å². The lowest BCUT2D eigenvalue weighted by molar-refractivity contribution is 0.624. The average molecular weight is 340 g/mol. The van der Waals surface area contributed by atoms with Crippen LogP contribution >= 0.6 is 11.6 Å². The van der Waals surface area contributed by atoms with E-state index in [0.29, 0.717) is 19.0 Å². The van der Waals surface area contributed by atoms with Crippen LogP contribution in [0, 0.1) is 5.82 Å². The first-order valence-electron chi connectivity index (χ1n) is 7.93. The molecule has 0 atom stereocenters. The summed E-state index contributed by atoms with van der Waals surface area (Å²) >= 11 is 5.91. The van der Waals surface area contributed by atoms with Gasteiger partial charge in [0.1, 0.15) is 5.82 Å². The Hall–Kier alpha value is -2.32. The van der Waals surface area contributed by atoms with Crippen molar-refractivity contribution in [1.29, 1.82) is 0 Å². The van der Waals surface area contributed by atoms with E-state index in [1.54, 1.807) is 6.07 Å². The molecule has 122 valence electrons. The molecule has 0 saturated heterocycles. The van der Waals surface area contributed by atoms with E-state index in [9.17, 15) is 4.39 Å². The van der Waals surface area contributed by atoms with Gasteiger partial charge in [-0.05, 0) is 34.9 Å². The van der Waals surface area contributed by atoms with E-state index >= 15 is 0 Å². The van der Waals surface area contributed by atoms with Gasteiger partial charge in [-0.2, -0.15) is 0 Å². The number of nitrogens with zero attached hydrogens (tertiary/aromatic N) is 1. The molecule has 0 saturated carbocycles. The highest BCUT2D eigenvalue weighted by Crippen LogP contribution is 2.24. The van der Waals surface area contributed by atoms with Gasteiger partial charge in [0.2, 0.25) is 0 Å². The van der Waals surface area contributed by atoms with Crippen molar-refractivity contribution in [3.8, 4) is 0 Å². The second-order valence-electron chi connectivity index (χ2n) is 5.78. The summed E-state index contributed by atoms with van der Waals surface area (Å²) in [7, 11) is 0. The van der Waals surface area contributed by atoms with Crippen LogP contribution in [-0.2, 0) is 19.0 Å². The Labute approximate surface area is 147 Å². The van der Waals surface area contributed by atoms with E-state index in [0.717, 1.165) is 11.3 Å². The second kappa shape index (κ2) is 7.98. The summed E-state index contributed by atoms with van der Waals surface area (Å²) in [5.41, 5.74) is 4.01. The minimum absolute atomic E-state index is 0.255. The van der Waals surface area contributed by atoms with Gasteiger partial charge in [-0.25, -0.2) is 4.39 Å². The fraction of sp³-hybridized carbons (Fsp3) is 0.143. The average Bonchev–Trinajstić information content (AvgIpc) is 2.62. The van der Waals surface area contributed by atoms with Crippen LogP contribution in [0.2, 0.25) is 0 Å². The Bertz CT molecular complexity index is 733. The third kappa shape index (κ3) is 4.36. The van der Waals surface area contributed by atoms with Crippen LogP contribution in [0.4, 0.5) is 10.1 Å². The van der Waals surface area contributed by atoms with Crippen molar-refractivity contribution >= 4 is 17.3 Å². The van der Waals surface area contributed by atoms with E-state index in [2.05, 4.69) is 29.2 Å². The molecular formula is C21H19ClFN. The molecule has 0 fully saturated rings. The predicted octanol–water partition coefficient (Wildman–Crippen LogP) is 5.77.